The van der Waals surface area contributed by atoms with Crippen LogP contribution in [0.4, 0.5) is 0 Å². The molecule has 0 fully saturated rings. The Hall–Kier alpha value is -0.105. The van der Waals surface area contributed by atoms with Crippen molar-refractivity contribution in [2.24, 2.45) is 0 Å². The maximum Gasteiger partial charge on any atom is 0.174 e. The zero-order valence-corrected chi connectivity index (χ0v) is 6.08. The standard InChI is InChI=1S/C6H11BS/c1-3-5-6(4-2)8-7/h3-4,6H,1-2,5,7H2. The molecule has 0 aliphatic rings. The van der Waals surface area contributed by atoms with Gasteiger partial charge in [0.15, 0.2) is 7.12 Å². The van der Waals surface area contributed by atoms with E-state index in [4.69, 9.17) is 0 Å². The summed E-state index contributed by atoms with van der Waals surface area (Å²) in [4.78, 5) is 0. The number of hydrogen-bond acceptors (Lipinski definition) is 1. The minimum atomic E-state index is 0.562. The Bertz CT molecular complexity index is 80.6. The van der Waals surface area contributed by atoms with Crippen LogP contribution in [0.2, 0.25) is 0 Å². The lowest BCUT2D eigenvalue weighted by molar-refractivity contribution is 1.09. The first-order valence-electron chi connectivity index (χ1n) is 2.61. The van der Waals surface area contributed by atoms with E-state index >= 15 is 0 Å². The first-order chi connectivity index (χ1) is 3.85. The van der Waals surface area contributed by atoms with Crippen LogP contribution in [0.3, 0.4) is 0 Å². The summed E-state index contributed by atoms with van der Waals surface area (Å²) in [5.41, 5.74) is 0. The van der Waals surface area contributed by atoms with Crippen molar-refractivity contribution in [3.63, 3.8) is 0 Å². The van der Waals surface area contributed by atoms with Gasteiger partial charge < -0.3 is 0 Å². The molecule has 0 rings (SSSR count). The quantitative estimate of drug-likeness (QED) is 0.405. The van der Waals surface area contributed by atoms with Gasteiger partial charge in [-0.2, -0.15) is 0 Å². The maximum atomic E-state index is 3.68. The number of hydrogen-bond donors (Lipinski definition) is 0. The molecule has 1 unspecified atom stereocenters. The summed E-state index contributed by atoms with van der Waals surface area (Å²) in [6, 6.07) is 0. The maximum absolute atomic E-state index is 3.68. The van der Waals surface area contributed by atoms with Crippen LogP contribution in [0.15, 0.2) is 25.3 Å². The van der Waals surface area contributed by atoms with Crippen LogP contribution in [0, 0.1) is 0 Å². The molecular weight excluding hydrogens is 115 g/mol. The highest BCUT2D eigenvalue weighted by atomic mass is 32.2. The van der Waals surface area contributed by atoms with Crippen molar-refractivity contribution in [1.29, 1.82) is 0 Å². The number of rotatable bonds is 4. The van der Waals surface area contributed by atoms with Crippen LogP contribution in [-0.2, 0) is 0 Å². The van der Waals surface area contributed by atoms with Crippen molar-refractivity contribution < 1.29 is 0 Å². The second kappa shape index (κ2) is 5.04. The van der Waals surface area contributed by atoms with Gasteiger partial charge in [-0.15, -0.1) is 13.2 Å². The van der Waals surface area contributed by atoms with Crippen LogP contribution >= 0.6 is 11.6 Å². The highest BCUT2D eigenvalue weighted by molar-refractivity contribution is 8.20. The molecule has 0 bridgehead atoms. The first kappa shape index (κ1) is 7.89. The van der Waals surface area contributed by atoms with E-state index in [0.29, 0.717) is 5.25 Å². The van der Waals surface area contributed by atoms with Gasteiger partial charge in [-0.3, -0.25) is 0 Å². The van der Waals surface area contributed by atoms with Gasteiger partial charge >= 0.3 is 0 Å². The Morgan fingerprint density at radius 2 is 2.25 bits per heavy atom. The first-order valence-corrected chi connectivity index (χ1v) is 3.90. The van der Waals surface area contributed by atoms with Gasteiger partial charge in [-0.05, 0) is 6.42 Å². The topological polar surface area (TPSA) is 0 Å². The highest BCUT2D eigenvalue weighted by Gasteiger charge is 1.94. The molecule has 0 aromatic carbocycles. The smallest absolute Gasteiger partial charge is 0.174 e. The molecule has 0 aliphatic carbocycles. The molecule has 0 saturated heterocycles. The van der Waals surface area contributed by atoms with Crippen molar-refractivity contribution in [3.8, 4) is 0 Å². The van der Waals surface area contributed by atoms with E-state index in [0.717, 1.165) is 6.42 Å². The zero-order chi connectivity index (χ0) is 6.41. The lowest BCUT2D eigenvalue weighted by atomic mass is 10.3. The molecule has 0 nitrogen and oxygen atoms in total. The van der Waals surface area contributed by atoms with Crippen molar-refractivity contribution >= 4 is 18.7 Å². The van der Waals surface area contributed by atoms with Crippen LogP contribution in [0.1, 0.15) is 6.42 Å². The lowest BCUT2D eigenvalue weighted by Crippen LogP contribution is -1.92. The lowest BCUT2D eigenvalue weighted by Gasteiger charge is -2.02. The van der Waals surface area contributed by atoms with Gasteiger partial charge in [0.2, 0.25) is 0 Å². The molecule has 1 atom stereocenters. The van der Waals surface area contributed by atoms with Crippen molar-refractivity contribution in [3.05, 3.63) is 25.3 Å². The van der Waals surface area contributed by atoms with E-state index in [-0.39, 0.29) is 0 Å². The summed E-state index contributed by atoms with van der Waals surface area (Å²) in [6.45, 7) is 7.32. The summed E-state index contributed by atoms with van der Waals surface area (Å²) in [6.07, 6.45) is 4.90. The minimum Gasteiger partial charge on any atom is -0.212 e. The SMILES string of the molecule is BSC(C=C)CC=C. The zero-order valence-electron chi connectivity index (χ0n) is 5.26. The van der Waals surface area contributed by atoms with E-state index < -0.39 is 0 Å². The molecule has 0 saturated carbocycles. The third-order valence-corrected chi connectivity index (χ3v) is 1.96. The second-order valence-electron chi connectivity index (χ2n) is 1.53. The molecule has 0 aliphatic heterocycles. The van der Waals surface area contributed by atoms with Crippen molar-refractivity contribution in [1.82, 2.24) is 0 Å². The van der Waals surface area contributed by atoms with E-state index in [2.05, 4.69) is 20.3 Å². The Morgan fingerprint density at radius 1 is 1.62 bits per heavy atom. The van der Waals surface area contributed by atoms with Gasteiger partial charge in [-0.1, -0.05) is 12.2 Å². The summed E-state index contributed by atoms with van der Waals surface area (Å²) < 4.78 is 0. The van der Waals surface area contributed by atoms with Crippen LogP contribution < -0.4 is 0 Å². The number of allylic oxidation sites excluding steroid dienone is 1. The average Bonchev–Trinajstić information content (AvgIpc) is 1.83. The summed E-state index contributed by atoms with van der Waals surface area (Å²) in [5.74, 6) is 0. The Balaban J connectivity index is 3.35. The molecule has 0 radical (unpaired) electrons. The van der Waals surface area contributed by atoms with Gasteiger partial charge in [-0.25, -0.2) is 11.6 Å². The fourth-order valence-electron chi connectivity index (χ4n) is 0.453. The molecule has 8 heavy (non-hydrogen) atoms. The van der Waals surface area contributed by atoms with Crippen molar-refractivity contribution in [2.45, 2.75) is 11.7 Å². The summed E-state index contributed by atoms with van der Waals surface area (Å²) >= 11 is 1.81. The third-order valence-electron chi connectivity index (χ3n) is 0.965. The summed E-state index contributed by atoms with van der Waals surface area (Å²) in [5, 5.41) is 0.562. The fourth-order valence-corrected chi connectivity index (χ4v) is 0.974. The molecule has 0 N–H and O–H groups in total. The Kier molecular flexibility index (Phi) is 4.97. The largest absolute Gasteiger partial charge is 0.212 e. The van der Waals surface area contributed by atoms with Gasteiger partial charge in [0.1, 0.15) is 0 Å². The molecule has 0 aromatic rings. The monoisotopic (exact) mass is 126 g/mol. The molecule has 0 aromatic heterocycles. The highest BCUT2D eigenvalue weighted by Crippen LogP contribution is 2.10. The predicted octanol–water partition coefficient (Wildman–Crippen LogP) is 1.40. The van der Waals surface area contributed by atoms with Gasteiger partial charge in [0.05, 0.1) is 0 Å². The predicted molar refractivity (Wildman–Crippen MR) is 44.9 cm³/mol. The van der Waals surface area contributed by atoms with E-state index in [1.807, 2.05) is 12.2 Å². The Labute approximate surface area is 56.4 Å². The average molecular weight is 126 g/mol. The molecule has 2 heteroatoms. The molecule has 44 valence electrons. The molecule has 0 amide bonds. The molecule has 0 heterocycles. The molecular formula is C6H11BS. The van der Waals surface area contributed by atoms with Crippen LogP contribution in [0.25, 0.3) is 0 Å². The van der Waals surface area contributed by atoms with E-state index in [1.165, 1.54) is 0 Å². The van der Waals surface area contributed by atoms with Crippen molar-refractivity contribution in [2.75, 3.05) is 0 Å². The Morgan fingerprint density at radius 3 is 2.38 bits per heavy atom. The minimum absolute atomic E-state index is 0.562. The van der Waals surface area contributed by atoms with E-state index in [9.17, 15) is 0 Å². The molecule has 0 spiro atoms. The second-order valence-corrected chi connectivity index (χ2v) is 2.61. The van der Waals surface area contributed by atoms with Crippen LogP contribution in [0.5, 0.6) is 0 Å². The third kappa shape index (κ3) is 2.97. The normalized spacial score (nSPS) is 12.5. The van der Waals surface area contributed by atoms with Gasteiger partial charge in [0.25, 0.3) is 0 Å². The van der Waals surface area contributed by atoms with E-state index in [1.54, 1.807) is 11.6 Å². The fraction of sp³-hybridized carbons (Fsp3) is 0.333. The summed E-state index contributed by atoms with van der Waals surface area (Å²) in [7, 11) is 2.08. The van der Waals surface area contributed by atoms with Crippen LogP contribution in [-0.4, -0.2) is 12.4 Å². The van der Waals surface area contributed by atoms with Gasteiger partial charge in [0, 0.05) is 5.25 Å².